The molecule has 10 heteroatoms. The van der Waals surface area contributed by atoms with Crippen LogP contribution >= 0.6 is 23.2 Å². The molecule has 2 atom stereocenters. The number of carbonyl (C=O) groups is 2. The Morgan fingerprint density at radius 3 is 1.23 bits per heavy atom. The topological polar surface area (TPSA) is 107 Å². The summed E-state index contributed by atoms with van der Waals surface area (Å²) in [6, 6.07) is 28.7. The van der Waals surface area contributed by atoms with Crippen LogP contribution in [0.5, 0.6) is 0 Å². The third-order valence-corrected chi connectivity index (χ3v) is 7.22. The van der Waals surface area contributed by atoms with Crippen LogP contribution in [-0.4, -0.2) is 81.1 Å². The predicted octanol–water partition coefficient (Wildman–Crippen LogP) is 6.55. The summed E-state index contributed by atoms with van der Waals surface area (Å²) in [5.41, 5.74) is 6.81. The number of aromatic nitrogens is 2. The normalized spacial score (nSPS) is 12.1. The van der Waals surface area contributed by atoms with Gasteiger partial charge in [-0.15, -0.1) is 23.2 Å². The fraction of sp³-hybridized carbons (Fsp3) is 0.235. The third kappa shape index (κ3) is 13.9. The van der Waals surface area contributed by atoms with E-state index in [1.54, 1.807) is 0 Å². The SMILES string of the molecule is CN(C)C(Cl)Cc1ccc(-c2ccccn2)cc1.CN(C)C(Cl)Cc1ccc(-c2ccccn2)cc1.O=C(O)/C=C\C(=O)O. The summed E-state index contributed by atoms with van der Waals surface area (Å²) >= 11 is 12.4. The molecule has 2 aromatic heterocycles. The van der Waals surface area contributed by atoms with Gasteiger partial charge in [0.25, 0.3) is 0 Å². The lowest BCUT2D eigenvalue weighted by molar-refractivity contribution is -0.134. The Labute approximate surface area is 269 Å². The smallest absolute Gasteiger partial charge is 0.328 e. The summed E-state index contributed by atoms with van der Waals surface area (Å²) in [5.74, 6) is -2.51. The molecule has 0 aliphatic carbocycles. The van der Waals surface area contributed by atoms with Gasteiger partial charge in [-0.25, -0.2) is 9.59 Å². The number of carboxylic acids is 2. The van der Waals surface area contributed by atoms with Gasteiger partial charge in [-0.3, -0.25) is 19.8 Å². The van der Waals surface area contributed by atoms with Gasteiger partial charge in [0.2, 0.25) is 0 Å². The Morgan fingerprint density at radius 1 is 0.636 bits per heavy atom. The van der Waals surface area contributed by atoms with Crippen molar-refractivity contribution in [2.75, 3.05) is 28.2 Å². The minimum atomic E-state index is -1.26. The van der Waals surface area contributed by atoms with E-state index in [0.717, 1.165) is 35.4 Å². The lowest BCUT2D eigenvalue weighted by Gasteiger charge is -2.17. The van der Waals surface area contributed by atoms with Gasteiger partial charge in [-0.1, -0.05) is 60.7 Å². The number of pyridine rings is 2. The van der Waals surface area contributed by atoms with E-state index in [0.29, 0.717) is 12.2 Å². The fourth-order valence-electron chi connectivity index (χ4n) is 3.59. The summed E-state index contributed by atoms with van der Waals surface area (Å²) in [7, 11) is 7.94. The number of carboxylic acid groups (broad SMARTS) is 2. The minimum absolute atomic E-state index is 0.0331. The lowest BCUT2D eigenvalue weighted by Crippen LogP contribution is -2.24. The van der Waals surface area contributed by atoms with Gasteiger partial charge in [-0.05, 0) is 63.6 Å². The second kappa shape index (κ2) is 19.2. The number of rotatable bonds is 10. The average molecular weight is 638 g/mol. The van der Waals surface area contributed by atoms with Gasteiger partial charge in [0.1, 0.15) is 0 Å². The summed E-state index contributed by atoms with van der Waals surface area (Å²) in [5, 5.41) is 15.6. The number of aliphatic carboxylic acids is 2. The maximum Gasteiger partial charge on any atom is 0.328 e. The first-order valence-corrected chi connectivity index (χ1v) is 14.6. The van der Waals surface area contributed by atoms with Crippen LogP contribution < -0.4 is 0 Å². The molecule has 0 spiro atoms. The van der Waals surface area contributed by atoms with E-state index in [1.807, 2.05) is 86.8 Å². The van der Waals surface area contributed by atoms with Crippen molar-refractivity contribution in [1.82, 2.24) is 19.8 Å². The van der Waals surface area contributed by atoms with E-state index in [-0.39, 0.29) is 11.0 Å². The summed E-state index contributed by atoms with van der Waals surface area (Å²) in [4.78, 5) is 31.8. The van der Waals surface area contributed by atoms with Crippen molar-refractivity contribution in [2.45, 2.75) is 23.8 Å². The van der Waals surface area contributed by atoms with E-state index < -0.39 is 11.9 Å². The molecule has 2 heterocycles. The van der Waals surface area contributed by atoms with Crippen molar-refractivity contribution in [1.29, 1.82) is 0 Å². The first kappa shape index (κ1) is 36.1. The molecular formula is C34H38Cl2N4O4. The molecule has 4 aromatic rings. The van der Waals surface area contributed by atoms with Crippen LogP contribution in [0, 0.1) is 0 Å². The zero-order chi connectivity index (χ0) is 32.5. The zero-order valence-corrected chi connectivity index (χ0v) is 26.7. The van der Waals surface area contributed by atoms with Gasteiger partial charge in [0.15, 0.2) is 0 Å². The molecule has 0 fully saturated rings. The Bertz CT molecular complexity index is 1320. The van der Waals surface area contributed by atoms with Crippen LogP contribution in [0.3, 0.4) is 0 Å². The van der Waals surface area contributed by atoms with Crippen molar-refractivity contribution in [2.24, 2.45) is 0 Å². The molecule has 0 bridgehead atoms. The molecule has 2 unspecified atom stereocenters. The van der Waals surface area contributed by atoms with Crippen LogP contribution in [0.15, 0.2) is 109 Å². The number of nitrogens with zero attached hydrogens (tertiary/aromatic N) is 4. The van der Waals surface area contributed by atoms with E-state index in [4.69, 9.17) is 33.4 Å². The molecule has 44 heavy (non-hydrogen) atoms. The highest BCUT2D eigenvalue weighted by molar-refractivity contribution is 6.20. The van der Waals surface area contributed by atoms with Crippen molar-refractivity contribution in [3.63, 3.8) is 0 Å². The van der Waals surface area contributed by atoms with E-state index in [1.165, 1.54) is 11.1 Å². The van der Waals surface area contributed by atoms with E-state index in [9.17, 15) is 9.59 Å². The number of halogens is 2. The van der Waals surface area contributed by atoms with Gasteiger partial charge in [0.05, 0.1) is 22.4 Å². The Hall–Kier alpha value is -4.08. The van der Waals surface area contributed by atoms with Crippen molar-refractivity contribution in [3.05, 3.63) is 121 Å². The molecule has 8 nitrogen and oxygen atoms in total. The maximum atomic E-state index is 9.55. The highest BCUT2D eigenvalue weighted by Gasteiger charge is 2.09. The molecule has 4 rings (SSSR count). The largest absolute Gasteiger partial charge is 0.478 e. The Balaban J connectivity index is 0.000000248. The highest BCUT2D eigenvalue weighted by atomic mass is 35.5. The highest BCUT2D eigenvalue weighted by Crippen LogP contribution is 2.20. The number of alkyl halides is 2. The molecule has 2 N–H and O–H groups in total. The van der Waals surface area contributed by atoms with Gasteiger partial charge in [-0.2, -0.15) is 0 Å². The van der Waals surface area contributed by atoms with E-state index in [2.05, 4.69) is 58.5 Å². The minimum Gasteiger partial charge on any atom is -0.478 e. The molecule has 0 saturated heterocycles. The van der Waals surface area contributed by atoms with Crippen LogP contribution in [0.1, 0.15) is 11.1 Å². The molecule has 0 aliphatic rings. The third-order valence-electron chi connectivity index (χ3n) is 6.13. The molecule has 0 aliphatic heterocycles. The first-order valence-electron chi connectivity index (χ1n) is 13.7. The standard InChI is InChI=1S/2C15H17ClN2.C4H4O4/c2*1-18(2)15(16)11-12-6-8-13(9-7-12)14-5-3-4-10-17-14;5-3(6)1-2-4(7)8/h2*3-10,15H,11H2,1-2H3;1-2H,(H,5,6)(H,7,8)/b;;2-1-. The van der Waals surface area contributed by atoms with Gasteiger partial charge in [0, 0.05) is 48.5 Å². The zero-order valence-electron chi connectivity index (χ0n) is 25.2. The van der Waals surface area contributed by atoms with Crippen molar-refractivity contribution >= 4 is 35.1 Å². The molecular weight excluding hydrogens is 599 g/mol. The summed E-state index contributed by atoms with van der Waals surface area (Å²) in [6.07, 6.45) is 6.42. The fourth-order valence-corrected chi connectivity index (χ4v) is 3.94. The van der Waals surface area contributed by atoms with Crippen LogP contribution in [-0.2, 0) is 22.4 Å². The molecule has 0 radical (unpaired) electrons. The maximum absolute atomic E-state index is 9.55. The van der Waals surface area contributed by atoms with E-state index >= 15 is 0 Å². The number of likely N-dealkylation sites (N-methyl/N-ethyl adjacent to an activating group) is 2. The second-order valence-corrected chi connectivity index (χ2v) is 11.0. The van der Waals surface area contributed by atoms with Crippen molar-refractivity contribution in [3.8, 4) is 22.5 Å². The van der Waals surface area contributed by atoms with Crippen LogP contribution in [0.2, 0.25) is 0 Å². The number of hydrogen-bond donors (Lipinski definition) is 2. The Morgan fingerprint density at radius 2 is 0.977 bits per heavy atom. The van der Waals surface area contributed by atoms with Crippen molar-refractivity contribution < 1.29 is 19.8 Å². The quantitative estimate of drug-likeness (QED) is 0.115. The second-order valence-electron chi connectivity index (χ2n) is 10.0. The van der Waals surface area contributed by atoms with Crippen LogP contribution in [0.25, 0.3) is 22.5 Å². The number of hydrogen-bond acceptors (Lipinski definition) is 6. The lowest BCUT2D eigenvalue weighted by atomic mass is 10.1. The molecule has 0 amide bonds. The number of benzene rings is 2. The Kier molecular flexibility index (Phi) is 15.8. The molecule has 232 valence electrons. The summed E-state index contributed by atoms with van der Waals surface area (Å²) in [6.45, 7) is 0. The van der Waals surface area contributed by atoms with Gasteiger partial charge >= 0.3 is 11.9 Å². The van der Waals surface area contributed by atoms with Crippen LogP contribution in [0.4, 0.5) is 0 Å². The predicted molar refractivity (Wildman–Crippen MR) is 178 cm³/mol. The monoisotopic (exact) mass is 636 g/mol. The first-order chi connectivity index (χ1) is 21.0. The average Bonchev–Trinajstić information content (AvgIpc) is 3.02. The molecule has 2 aromatic carbocycles. The summed E-state index contributed by atoms with van der Waals surface area (Å²) < 4.78 is 0. The molecule has 0 saturated carbocycles. The van der Waals surface area contributed by atoms with Gasteiger partial charge < -0.3 is 10.2 Å².